The minimum Gasteiger partial charge on any atom is -0.461 e. The van der Waals surface area contributed by atoms with Gasteiger partial charge in [0.25, 0.3) is 5.24 Å². The van der Waals surface area contributed by atoms with E-state index in [0.717, 1.165) is 0 Å². The van der Waals surface area contributed by atoms with Crippen LogP contribution in [0.15, 0.2) is 0 Å². The number of carbonyl (C=O) groups is 2. The lowest BCUT2D eigenvalue weighted by Crippen LogP contribution is -2.06. The van der Waals surface area contributed by atoms with Gasteiger partial charge in [0.1, 0.15) is 5.69 Å². The predicted octanol–water partition coefficient (Wildman–Crippen LogP) is 2.19. The van der Waals surface area contributed by atoms with Crippen LogP contribution in [0.4, 0.5) is 0 Å². The minimum atomic E-state index is -0.572. The van der Waals surface area contributed by atoms with Gasteiger partial charge in [0.15, 0.2) is 0 Å². The van der Waals surface area contributed by atoms with Crippen LogP contribution < -0.4 is 0 Å². The molecule has 0 aliphatic heterocycles. The average Bonchev–Trinajstić information content (AvgIpc) is 2.42. The summed E-state index contributed by atoms with van der Waals surface area (Å²) >= 11 is 5.40. The van der Waals surface area contributed by atoms with Crippen LogP contribution in [0.3, 0.4) is 0 Å². The van der Waals surface area contributed by atoms with Gasteiger partial charge in [0.05, 0.1) is 12.2 Å². The molecule has 0 radical (unpaired) electrons. The second-order valence-corrected chi connectivity index (χ2v) is 3.46. The SMILES string of the molecule is CCOC(=O)c1[nH]c(C)c(C(=O)Cl)c1C. The molecular weight excluding hydrogens is 218 g/mol. The van der Waals surface area contributed by atoms with E-state index in [2.05, 4.69) is 4.98 Å². The van der Waals surface area contributed by atoms with Gasteiger partial charge in [-0.05, 0) is 37.9 Å². The Hall–Kier alpha value is -1.29. The Morgan fingerprint density at radius 1 is 1.40 bits per heavy atom. The number of carbonyl (C=O) groups excluding carboxylic acids is 2. The van der Waals surface area contributed by atoms with Gasteiger partial charge in [0, 0.05) is 5.69 Å². The minimum absolute atomic E-state index is 0.290. The Kier molecular flexibility index (Phi) is 3.52. The molecule has 0 amide bonds. The zero-order valence-electron chi connectivity index (χ0n) is 8.81. The summed E-state index contributed by atoms with van der Waals surface area (Å²) < 4.78 is 4.83. The first-order chi connectivity index (χ1) is 6.99. The van der Waals surface area contributed by atoms with Crippen LogP contribution in [0, 0.1) is 13.8 Å². The molecule has 0 aromatic carbocycles. The number of hydrogen-bond donors (Lipinski definition) is 1. The fourth-order valence-corrected chi connectivity index (χ4v) is 1.74. The standard InChI is InChI=1S/C10H12ClNO3/c1-4-15-10(14)8-5(2)7(9(11)13)6(3)12-8/h12H,4H2,1-3H3. The number of aryl methyl sites for hydroxylation is 1. The Morgan fingerprint density at radius 2 is 2.00 bits per heavy atom. The van der Waals surface area contributed by atoms with Gasteiger partial charge in [-0.15, -0.1) is 0 Å². The van der Waals surface area contributed by atoms with Gasteiger partial charge >= 0.3 is 5.97 Å². The van der Waals surface area contributed by atoms with E-state index in [-0.39, 0.29) is 0 Å². The molecular formula is C10H12ClNO3. The molecule has 0 aliphatic carbocycles. The van der Waals surface area contributed by atoms with Crippen molar-refractivity contribution < 1.29 is 14.3 Å². The van der Waals surface area contributed by atoms with Gasteiger partial charge in [0.2, 0.25) is 0 Å². The van der Waals surface area contributed by atoms with Crippen molar-refractivity contribution in [1.82, 2.24) is 4.98 Å². The molecule has 0 bridgehead atoms. The smallest absolute Gasteiger partial charge is 0.355 e. The molecule has 5 heteroatoms. The van der Waals surface area contributed by atoms with Crippen LogP contribution in [-0.2, 0) is 4.74 Å². The molecule has 0 saturated carbocycles. The number of aromatic nitrogens is 1. The average molecular weight is 230 g/mol. The highest BCUT2D eigenvalue weighted by Gasteiger charge is 2.21. The van der Waals surface area contributed by atoms with Crippen LogP contribution in [0.2, 0.25) is 0 Å². The summed E-state index contributed by atoms with van der Waals surface area (Å²) in [6.45, 7) is 5.36. The van der Waals surface area contributed by atoms with E-state index >= 15 is 0 Å². The fourth-order valence-electron chi connectivity index (χ4n) is 1.45. The van der Waals surface area contributed by atoms with Gasteiger partial charge in [-0.2, -0.15) is 0 Å². The number of aromatic amines is 1. The second-order valence-electron chi connectivity index (χ2n) is 3.12. The van der Waals surface area contributed by atoms with E-state index in [4.69, 9.17) is 16.3 Å². The molecule has 0 atom stereocenters. The molecule has 82 valence electrons. The van der Waals surface area contributed by atoms with E-state index in [9.17, 15) is 9.59 Å². The highest BCUT2D eigenvalue weighted by Crippen LogP contribution is 2.20. The molecule has 1 heterocycles. The summed E-state index contributed by atoms with van der Waals surface area (Å²) in [7, 11) is 0. The van der Waals surface area contributed by atoms with Crippen LogP contribution in [0.25, 0.3) is 0 Å². The van der Waals surface area contributed by atoms with E-state index < -0.39 is 11.2 Å². The monoisotopic (exact) mass is 229 g/mol. The van der Waals surface area contributed by atoms with Crippen molar-refractivity contribution in [2.24, 2.45) is 0 Å². The van der Waals surface area contributed by atoms with E-state index in [1.54, 1.807) is 20.8 Å². The quantitative estimate of drug-likeness (QED) is 0.639. The molecule has 1 aromatic rings. The fraction of sp³-hybridized carbons (Fsp3) is 0.400. The van der Waals surface area contributed by atoms with Crippen LogP contribution >= 0.6 is 11.6 Å². The van der Waals surface area contributed by atoms with Crippen molar-refractivity contribution >= 4 is 22.8 Å². The van der Waals surface area contributed by atoms with Gasteiger partial charge in [-0.1, -0.05) is 0 Å². The lowest BCUT2D eigenvalue weighted by Gasteiger charge is -2.00. The first-order valence-electron chi connectivity index (χ1n) is 4.55. The van der Waals surface area contributed by atoms with Gasteiger partial charge in [-0.25, -0.2) is 4.79 Å². The largest absolute Gasteiger partial charge is 0.461 e. The molecule has 0 spiro atoms. The zero-order chi connectivity index (χ0) is 11.6. The lowest BCUT2D eigenvalue weighted by molar-refractivity contribution is 0.0519. The lowest BCUT2D eigenvalue weighted by atomic mass is 10.1. The van der Waals surface area contributed by atoms with Crippen LogP contribution in [0.1, 0.15) is 39.0 Å². The Balaban J connectivity index is 3.17. The molecule has 0 fully saturated rings. The summed E-state index contributed by atoms with van der Waals surface area (Å²) in [5.74, 6) is -0.470. The van der Waals surface area contributed by atoms with E-state index in [1.165, 1.54) is 0 Å². The molecule has 1 rings (SSSR count). The maximum Gasteiger partial charge on any atom is 0.355 e. The van der Waals surface area contributed by atoms with Crippen molar-refractivity contribution in [3.63, 3.8) is 0 Å². The Morgan fingerprint density at radius 3 is 2.40 bits per heavy atom. The summed E-state index contributed by atoms with van der Waals surface area (Å²) in [5, 5.41) is -0.572. The van der Waals surface area contributed by atoms with E-state index in [0.29, 0.717) is 29.1 Å². The number of esters is 1. The number of rotatable bonds is 3. The molecule has 0 aliphatic rings. The van der Waals surface area contributed by atoms with Crippen molar-refractivity contribution in [2.45, 2.75) is 20.8 Å². The third kappa shape index (κ3) is 2.21. The summed E-state index contributed by atoms with van der Waals surface area (Å²) in [5.41, 5.74) is 1.75. The van der Waals surface area contributed by atoms with Crippen molar-refractivity contribution in [2.75, 3.05) is 6.61 Å². The van der Waals surface area contributed by atoms with Gasteiger partial charge in [-0.3, -0.25) is 4.79 Å². The molecule has 1 N–H and O–H groups in total. The Labute approximate surface area is 92.6 Å². The molecule has 0 unspecified atom stereocenters. The maximum atomic E-state index is 11.4. The van der Waals surface area contributed by atoms with Gasteiger partial charge < -0.3 is 9.72 Å². The summed E-state index contributed by atoms with van der Waals surface area (Å²) in [6.07, 6.45) is 0. The molecule has 4 nitrogen and oxygen atoms in total. The summed E-state index contributed by atoms with van der Waals surface area (Å²) in [4.78, 5) is 25.3. The predicted molar refractivity (Wildman–Crippen MR) is 56.4 cm³/mol. The topological polar surface area (TPSA) is 59.2 Å². The van der Waals surface area contributed by atoms with Crippen molar-refractivity contribution in [3.8, 4) is 0 Å². The third-order valence-corrected chi connectivity index (χ3v) is 2.30. The number of nitrogens with one attached hydrogen (secondary N) is 1. The van der Waals surface area contributed by atoms with Crippen molar-refractivity contribution in [1.29, 1.82) is 0 Å². The molecule has 1 aromatic heterocycles. The summed E-state index contributed by atoms with van der Waals surface area (Å²) in [6, 6.07) is 0. The highest BCUT2D eigenvalue weighted by atomic mass is 35.5. The van der Waals surface area contributed by atoms with Crippen LogP contribution in [0.5, 0.6) is 0 Å². The number of H-pyrrole nitrogens is 1. The number of halogens is 1. The highest BCUT2D eigenvalue weighted by molar-refractivity contribution is 6.68. The normalized spacial score (nSPS) is 10.1. The Bertz CT molecular complexity index is 409. The number of ether oxygens (including phenoxy) is 1. The number of hydrogen-bond acceptors (Lipinski definition) is 3. The van der Waals surface area contributed by atoms with Crippen molar-refractivity contribution in [3.05, 3.63) is 22.5 Å². The first kappa shape index (κ1) is 11.8. The van der Waals surface area contributed by atoms with E-state index in [1.807, 2.05) is 0 Å². The first-order valence-corrected chi connectivity index (χ1v) is 4.93. The third-order valence-electron chi connectivity index (χ3n) is 2.11. The maximum absolute atomic E-state index is 11.4. The zero-order valence-corrected chi connectivity index (χ0v) is 9.57. The van der Waals surface area contributed by atoms with Crippen LogP contribution in [-0.4, -0.2) is 22.8 Å². The molecule has 15 heavy (non-hydrogen) atoms. The molecule has 0 saturated heterocycles. The second kappa shape index (κ2) is 4.49.